The SMILES string of the molecule is CC1CN(Cc2ccc(Cl)c(F)c2)CC(C)N1. The van der Waals surface area contributed by atoms with Crippen molar-refractivity contribution in [2.75, 3.05) is 13.1 Å². The Morgan fingerprint density at radius 1 is 1.35 bits per heavy atom. The maximum absolute atomic E-state index is 13.3. The van der Waals surface area contributed by atoms with Crippen molar-refractivity contribution in [2.45, 2.75) is 32.5 Å². The Morgan fingerprint density at radius 2 is 2.00 bits per heavy atom. The van der Waals surface area contributed by atoms with Gasteiger partial charge in [-0.1, -0.05) is 17.7 Å². The van der Waals surface area contributed by atoms with Crippen molar-refractivity contribution in [1.82, 2.24) is 10.2 Å². The van der Waals surface area contributed by atoms with Gasteiger partial charge in [0.2, 0.25) is 0 Å². The molecule has 2 nitrogen and oxygen atoms in total. The van der Waals surface area contributed by atoms with Gasteiger partial charge in [0.1, 0.15) is 5.82 Å². The Hall–Kier alpha value is -0.640. The van der Waals surface area contributed by atoms with Crippen LogP contribution in [0, 0.1) is 5.82 Å². The molecule has 17 heavy (non-hydrogen) atoms. The number of hydrogen-bond donors (Lipinski definition) is 1. The number of rotatable bonds is 2. The lowest BCUT2D eigenvalue weighted by molar-refractivity contribution is 0.166. The minimum atomic E-state index is -0.333. The van der Waals surface area contributed by atoms with Gasteiger partial charge in [-0.25, -0.2) is 4.39 Å². The van der Waals surface area contributed by atoms with Gasteiger partial charge >= 0.3 is 0 Å². The van der Waals surface area contributed by atoms with Crippen LogP contribution in [0.3, 0.4) is 0 Å². The standard InChI is InChI=1S/C13H18ClFN2/c1-9-6-17(7-10(2)16-9)8-11-3-4-12(14)13(15)5-11/h3-5,9-10,16H,6-8H2,1-2H3. The molecule has 1 fully saturated rings. The molecule has 0 spiro atoms. The first-order valence-corrected chi connectivity index (χ1v) is 6.34. The number of benzene rings is 1. The van der Waals surface area contributed by atoms with E-state index in [1.807, 2.05) is 6.07 Å². The third kappa shape index (κ3) is 3.41. The zero-order valence-electron chi connectivity index (χ0n) is 10.2. The third-order valence-electron chi connectivity index (χ3n) is 3.02. The topological polar surface area (TPSA) is 15.3 Å². The van der Waals surface area contributed by atoms with Gasteiger partial charge in [0.05, 0.1) is 5.02 Å². The summed E-state index contributed by atoms with van der Waals surface area (Å²) >= 11 is 5.67. The van der Waals surface area contributed by atoms with Crippen LogP contribution in [0.4, 0.5) is 4.39 Å². The molecule has 94 valence electrons. The van der Waals surface area contributed by atoms with Gasteiger partial charge in [0.25, 0.3) is 0 Å². The molecule has 4 heteroatoms. The van der Waals surface area contributed by atoms with E-state index in [1.165, 1.54) is 6.07 Å². The maximum atomic E-state index is 13.3. The van der Waals surface area contributed by atoms with Gasteiger partial charge in [-0.15, -0.1) is 0 Å². The molecule has 0 bridgehead atoms. The normalized spacial score (nSPS) is 26.1. The number of piperazine rings is 1. The first-order valence-electron chi connectivity index (χ1n) is 5.97. The molecule has 0 saturated carbocycles. The largest absolute Gasteiger partial charge is 0.309 e. The van der Waals surface area contributed by atoms with Crippen LogP contribution in [-0.2, 0) is 6.54 Å². The molecule has 1 saturated heterocycles. The van der Waals surface area contributed by atoms with Gasteiger partial charge in [-0.3, -0.25) is 4.90 Å². The summed E-state index contributed by atoms with van der Waals surface area (Å²) < 4.78 is 13.3. The molecule has 2 atom stereocenters. The zero-order chi connectivity index (χ0) is 12.4. The fraction of sp³-hybridized carbons (Fsp3) is 0.538. The molecule has 2 rings (SSSR count). The molecule has 1 aromatic rings. The summed E-state index contributed by atoms with van der Waals surface area (Å²) in [6.45, 7) is 7.11. The van der Waals surface area contributed by atoms with Gasteiger partial charge < -0.3 is 5.32 Å². The van der Waals surface area contributed by atoms with Crippen molar-refractivity contribution in [3.63, 3.8) is 0 Å². The lowest BCUT2D eigenvalue weighted by Crippen LogP contribution is -2.53. The van der Waals surface area contributed by atoms with Gasteiger partial charge in [-0.2, -0.15) is 0 Å². The Balaban J connectivity index is 2.02. The van der Waals surface area contributed by atoms with E-state index in [0.717, 1.165) is 25.2 Å². The summed E-state index contributed by atoms with van der Waals surface area (Å²) in [6, 6.07) is 6.01. The summed E-state index contributed by atoms with van der Waals surface area (Å²) in [6.07, 6.45) is 0. The molecule has 2 unspecified atom stereocenters. The first-order chi connectivity index (χ1) is 8.04. The Kier molecular flexibility index (Phi) is 4.02. The van der Waals surface area contributed by atoms with E-state index in [2.05, 4.69) is 24.1 Å². The summed E-state index contributed by atoms with van der Waals surface area (Å²) in [7, 11) is 0. The second-order valence-electron chi connectivity index (χ2n) is 4.91. The van der Waals surface area contributed by atoms with Crippen LogP contribution in [0.1, 0.15) is 19.4 Å². The lowest BCUT2D eigenvalue weighted by atomic mass is 10.1. The van der Waals surface area contributed by atoms with E-state index in [-0.39, 0.29) is 10.8 Å². The van der Waals surface area contributed by atoms with Crippen molar-refractivity contribution in [2.24, 2.45) is 0 Å². The fourth-order valence-corrected chi connectivity index (χ4v) is 2.58. The van der Waals surface area contributed by atoms with Crippen LogP contribution in [0.2, 0.25) is 5.02 Å². The average Bonchev–Trinajstić information content (AvgIpc) is 2.22. The van der Waals surface area contributed by atoms with Crippen molar-refractivity contribution in [3.8, 4) is 0 Å². The summed E-state index contributed by atoms with van der Waals surface area (Å²) in [4.78, 5) is 2.34. The summed E-state index contributed by atoms with van der Waals surface area (Å²) in [5, 5.41) is 3.67. The Bertz CT molecular complexity index is 387. The molecule has 0 radical (unpaired) electrons. The van der Waals surface area contributed by atoms with Gasteiger partial charge in [0, 0.05) is 31.7 Å². The lowest BCUT2D eigenvalue weighted by Gasteiger charge is -2.36. The highest BCUT2D eigenvalue weighted by atomic mass is 35.5. The highest BCUT2D eigenvalue weighted by Gasteiger charge is 2.20. The molecule has 1 aliphatic rings. The molecular weight excluding hydrogens is 239 g/mol. The fourth-order valence-electron chi connectivity index (χ4n) is 2.47. The molecule has 1 aromatic carbocycles. The minimum absolute atomic E-state index is 0.191. The van der Waals surface area contributed by atoms with Crippen LogP contribution in [0.5, 0.6) is 0 Å². The zero-order valence-corrected chi connectivity index (χ0v) is 11.0. The van der Waals surface area contributed by atoms with E-state index in [0.29, 0.717) is 12.1 Å². The second kappa shape index (κ2) is 5.34. The van der Waals surface area contributed by atoms with E-state index < -0.39 is 0 Å². The molecule has 1 heterocycles. The van der Waals surface area contributed by atoms with Crippen molar-refractivity contribution in [3.05, 3.63) is 34.6 Å². The number of nitrogens with one attached hydrogen (secondary N) is 1. The third-order valence-corrected chi connectivity index (χ3v) is 3.33. The molecule has 1 aliphatic heterocycles. The van der Waals surface area contributed by atoms with Crippen LogP contribution >= 0.6 is 11.6 Å². The van der Waals surface area contributed by atoms with E-state index in [9.17, 15) is 4.39 Å². The summed E-state index contributed by atoms with van der Waals surface area (Å²) in [5.41, 5.74) is 0.980. The van der Waals surface area contributed by atoms with Crippen LogP contribution < -0.4 is 5.32 Å². The molecule has 1 N–H and O–H groups in total. The predicted molar refractivity (Wildman–Crippen MR) is 68.7 cm³/mol. The quantitative estimate of drug-likeness (QED) is 0.875. The average molecular weight is 257 g/mol. The molecule has 0 aliphatic carbocycles. The van der Waals surface area contributed by atoms with Crippen LogP contribution in [-0.4, -0.2) is 30.1 Å². The highest BCUT2D eigenvalue weighted by molar-refractivity contribution is 6.30. The molecule has 0 aromatic heterocycles. The van der Waals surface area contributed by atoms with Gasteiger partial charge in [-0.05, 0) is 31.5 Å². The van der Waals surface area contributed by atoms with Crippen LogP contribution in [0.25, 0.3) is 0 Å². The Labute approximate surface area is 107 Å². The monoisotopic (exact) mass is 256 g/mol. The van der Waals surface area contributed by atoms with Crippen molar-refractivity contribution in [1.29, 1.82) is 0 Å². The number of halogens is 2. The highest BCUT2D eigenvalue weighted by Crippen LogP contribution is 2.17. The molecule has 0 amide bonds. The van der Waals surface area contributed by atoms with Gasteiger partial charge in [0.15, 0.2) is 0 Å². The second-order valence-corrected chi connectivity index (χ2v) is 5.32. The smallest absolute Gasteiger partial charge is 0.142 e. The Morgan fingerprint density at radius 3 is 2.59 bits per heavy atom. The number of hydrogen-bond acceptors (Lipinski definition) is 2. The summed E-state index contributed by atoms with van der Waals surface area (Å²) in [5.74, 6) is -0.333. The van der Waals surface area contributed by atoms with Crippen molar-refractivity contribution >= 4 is 11.6 Å². The molecular formula is C13H18ClFN2. The van der Waals surface area contributed by atoms with E-state index >= 15 is 0 Å². The maximum Gasteiger partial charge on any atom is 0.142 e. The number of nitrogens with zero attached hydrogens (tertiary/aromatic N) is 1. The van der Waals surface area contributed by atoms with E-state index in [4.69, 9.17) is 11.6 Å². The minimum Gasteiger partial charge on any atom is -0.309 e. The predicted octanol–water partition coefficient (Wildman–Crippen LogP) is 2.66. The van der Waals surface area contributed by atoms with Crippen LogP contribution in [0.15, 0.2) is 18.2 Å². The first kappa shape index (κ1) is 12.8. The van der Waals surface area contributed by atoms with E-state index in [1.54, 1.807) is 6.07 Å². The van der Waals surface area contributed by atoms with Crippen molar-refractivity contribution < 1.29 is 4.39 Å².